The van der Waals surface area contributed by atoms with Gasteiger partial charge in [0.25, 0.3) is 0 Å². The Kier molecular flexibility index (Phi) is 15.5. The van der Waals surface area contributed by atoms with Gasteiger partial charge in [-0.05, 0) is 6.42 Å². The highest BCUT2D eigenvalue weighted by Crippen LogP contribution is 2.37. The monoisotopic (exact) mass is 381 g/mol. The van der Waals surface area contributed by atoms with Gasteiger partial charge in [0.15, 0.2) is 0 Å². The fraction of sp³-hybridized carbons (Fsp3) is 0.941. The van der Waals surface area contributed by atoms with Gasteiger partial charge in [0, 0.05) is 0 Å². The predicted octanol–water partition coefficient (Wildman–Crippen LogP) is 3.84. The van der Waals surface area contributed by atoms with Gasteiger partial charge in [-0.2, -0.15) is 0 Å². The summed E-state index contributed by atoms with van der Waals surface area (Å²) in [6.45, 7) is 1.54. The smallest absolute Gasteiger partial charge is 0.403 e. The van der Waals surface area contributed by atoms with Crippen LogP contribution in [-0.4, -0.2) is 40.3 Å². The van der Waals surface area contributed by atoms with Crippen LogP contribution in [0.4, 0.5) is 0 Å². The summed E-state index contributed by atoms with van der Waals surface area (Å²) in [4.78, 5) is 20.2. The topological polar surface area (TPSA) is 116 Å². The predicted molar refractivity (Wildman–Crippen MR) is 98.5 cm³/mol. The number of rotatable bonds is 18. The highest BCUT2D eigenvalue weighted by atomic mass is 31.2. The Bertz CT molecular complexity index is 380. The van der Waals surface area contributed by atoms with E-state index in [1.165, 1.54) is 51.4 Å². The molecule has 1 unspecified atom stereocenters. The summed E-state index contributed by atoms with van der Waals surface area (Å²) < 4.78 is 16.5. The fourth-order valence-electron chi connectivity index (χ4n) is 2.54. The standard InChI is InChI=1S/C17H36NO6P/c1-2-3-4-5-6-7-8-9-10-11-12-13-14-24-25(22,23)18-16(15-19)17(20)21/h16,19H,2-15H2,1H3,(H,20,21)(H2,18,22,23)/t16-/m0/s1. The lowest BCUT2D eigenvalue weighted by Crippen LogP contribution is -2.38. The SMILES string of the molecule is CCCCCCCCCCCCCCOP(=O)(O)N[C@@H](CO)C(=O)O. The minimum absolute atomic E-state index is 0.0932. The summed E-state index contributed by atoms with van der Waals surface area (Å²) in [5, 5.41) is 19.4. The molecule has 2 atom stereocenters. The van der Waals surface area contributed by atoms with Crippen molar-refractivity contribution >= 4 is 13.7 Å². The van der Waals surface area contributed by atoms with Gasteiger partial charge in [-0.15, -0.1) is 0 Å². The van der Waals surface area contributed by atoms with Crippen LogP contribution in [-0.2, 0) is 13.9 Å². The first-order valence-corrected chi connectivity index (χ1v) is 11.1. The summed E-state index contributed by atoms with van der Waals surface area (Å²) in [5.41, 5.74) is 0. The van der Waals surface area contributed by atoms with Gasteiger partial charge < -0.3 is 15.1 Å². The molecule has 4 N–H and O–H groups in total. The molecule has 0 heterocycles. The number of unbranched alkanes of at least 4 members (excludes halogenated alkanes) is 11. The first-order valence-electron chi connectivity index (χ1n) is 9.51. The Morgan fingerprint density at radius 1 is 0.960 bits per heavy atom. The van der Waals surface area contributed by atoms with Gasteiger partial charge in [0.1, 0.15) is 6.04 Å². The van der Waals surface area contributed by atoms with E-state index in [1.54, 1.807) is 0 Å². The van der Waals surface area contributed by atoms with Gasteiger partial charge in [0.2, 0.25) is 0 Å². The summed E-state index contributed by atoms with van der Waals surface area (Å²) >= 11 is 0. The maximum atomic E-state index is 11.6. The van der Waals surface area contributed by atoms with Crippen LogP contribution in [0.2, 0.25) is 0 Å². The maximum Gasteiger partial charge on any atom is 0.403 e. The molecule has 0 amide bonds. The first kappa shape index (κ1) is 24.5. The highest BCUT2D eigenvalue weighted by Gasteiger charge is 2.28. The van der Waals surface area contributed by atoms with Crippen molar-refractivity contribution in [2.75, 3.05) is 13.2 Å². The minimum Gasteiger partial charge on any atom is -0.480 e. The Labute approximate surface area is 151 Å². The zero-order chi connectivity index (χ0) is 19.0. The number of aliphatic hydroxyl groups is 1. The largest absolute Gasteiger partial charge is 0.480 e. The number of carboxylic acid groups (broad SMARTS) is 1. The van der Waals surface area contributed by atoms with Gasteiger partial charge in [0.05, 0.1) is 13.2 Å². The molecule has 0 fully saturated rings. The van der Waals surface area contributed by atoms with Crippen molar-refractivity contribution in [3.8, 4) is 0 Å². The van der Waals surface area contributed by atoms with E-state index in [0.29, 0.717) is 6.42 Å². The molecular formula is C17H36NO6P. The Balaban J connectivity index is 3.48. The molecule has 0 aromatic carbocycles. The normalized spacial score (nSPS) is 15.0. The highest BCUT2D eigenvalue weighted by molar-refractivity contribution is 7.50. The molecule has 0 aromatic heterocycles. The van der Waals surface area contributed by atoms with Crippen LogP contribution in [0.25, 0.3) is 0 Å². The average Bonchev–Trinajstić information content (AvgIpc) is 2.56. The van der Waals surface area contributed by atoms with Crippen LogP contribution in [0.5, 0.6) is 0 Å². The van der Waals surface area contributed by atoms with Crippen LogP contribution in [0, 0.1) is 0 Å². The third kappa shape index (κ3) is 15.5. The molecule has 0 aliphatic carbocycles. The molecule has 8 heteroatoms. The van der Waals surface area contributed by atoms with Crippen molar-refractivity contribution < 1.29 is 29.0 Å². The number of nitrogens with one attached hydrogen (secondary N) is 1. The molecule has 0 radical (unpaired) electrons. The second-order valence-electron chi connectivity index (χ2n) is 6.45. The van der Waals surface area contributed by atoms with Crippen molar-refractivity contribution in [3.63, 3.8) is 0 Å². The van der Waals surface area contributed by atoms with Crippen LogP contribution >= 0.6 is 7.75 Å². The number of hydrogen-bond donors (Lipinski definition) is 4. The van der Waals surface area contributed by atoms with Gasteiger partial charge in [-0.25, -0.2) is 9.65 Å². The summed E-state index contributed by atoms with van der Waals surface area (Å²) in [7, 11) is -4.19. The van der Waals surface area contributed by atoms with Crippen molar-refractivity contribution in [3.05, 3.63) is 0 Å². The molecule has 0 spiro atoms. The quantitative estimate of drug-likeness (QED) is 0.210. The molecule has 0 aliphatic heterocycles. The first-order chi connectivity index (χ1) is 11.9. The van der Waals surface area contributed by atoms with Crippen LogP contribution in [0.1, 0.15) is 84.0 Å². The van der Waals surface area contributed by atoms with E-state index in [2.05, 4.69) is 6.92 Å². The number of carbonyl (C=O) groups is 1. The number of carboxylic acids is 1. The fourth-order valence-corrected chi connectivity index (χ4v) is 3.58. The van der Waals surface area contributed by atoms with E-state index in [1.807, 2.05) is 5.09 Å². The summed E-state index contributed by atoms with van der Waals surface area (Å²) in [6, 6.07) is -1.50. The van der Waals surface area contributed by atoms with Crippen molar-refractivity contribution in [1.82, 2.24) is 5.09 Å². The molecule has 0 bridgehead atoms. The molecule has 150 valence electrons. The van der Waals surface area contributed by atoms with Crippen molar-refractivity contribution in [2.24, 2.45) is 0 Å². The Morgan fingerprint density at radius 3 is 1.80 bits per heavy atom. The van der Waals surface area contributed by atoms with E-state index in [0.717, 1.165) is 19.3 Å². The Morgan fingerprint density at radius 2 is 1.40 bits per heavy atom. The van der Waals surface area contributed by atoms with Crippen molar-refractivity contribution in [1.29, 1.82) is 0 Å². The molecule has 0 aliphatic rings. The molecule has 7 nitrogen and oxygen atoms in total. The molecule has 0 saturated heterocycles. The molecule has 25 heavy (non-hydrogen) atoms. The van der Waals surface area contributed by atoms with E-state index in [9.17, 15) is 14.3 Å². The zero-order valence-electron chi connectivity index (χ0n) is 15.5. The maximum absolute atomic E-state index is 11.6. The lowest BCUT2D eigenvalue weighted by Gasteiger charge is -2.17. The van der Waals surface area contributed by atoms with E-state index >= 15 is 0 Å². The van der Waals surface area contributed by atoms with E-state index in [4.69, 9.17) is 14.7 Å². The van der Waals surface area contributed by atoms with Gasteiger partial charge in [-0.1, -0.05) is 77.6 Å². The number of aliphatic hydroxyl groups excluding tert-OH is 1. The molecular weight excluding hydrogens is 345 g/mol. The zero-order valence-corrected chi connectivity index (χ0v) is 16.4. The van der Waals surface area contributed by atoms with Gasteiger partial charge >= 0.3 is 13.7 Å². The average molecular weight is 381 g/mol. The van der Waals surface area contributed by atoms with Crippen LogP contribution in [0.15, 0.2) is 0 Å². The Hall–Kier alpha value is -0.460. The number of aliphatic carboxylic acids is 1. The van der Waals surface area contributed by atoms with Gasteiger partial charge in [-0.3, -0.25) is 9.32 Å². The van der Waals surface area contributed by atoms with Crippen LogP contribution < -0.4 is 5.09 Å². The van der Waals surface area contributed by atoms with Crippen molar-refractivity contribution in [2.45, 2.75) is 90.0 Å². The van der Waals surface area contributed by atoms with Crippen LogP contribution in [0.3, 0.4) is 0 Å². The lowest BCUT2D eigenvalue weighted by molar-refractivity contribution is -0.140. The van der Waals surface area contributed by atoms with E-state index in [-0.39, 0.29) is 6.61 Å². The second-order valence-corrected chi connectivity index (χ2v) is 8.00. The lowest BCUT2D eigenvalue weighted by atomic mass is 10.1. The second kappa shape index (κ2) is 15.8. The third-order valence-corrected chi connectivity index (χ3v) is 5.23. The summed E-state index contributed by atoms with van der Waals surface area (Å²) in [5.74, 6) is -1.40. The number of hydrogen-bond acceptors (Lipinski definition) is 4. The minimum atomic E-state index is -4.19. The summed E-state index contributed by atoms with van der Waals surface area (Å²) in [6.07, 6.45) is 14.3. The van der Waals surface area contributed by atoms with E-state index < -0.39 is 26.4 Å². The third-order valence-electron chi connectivity index (χ3n) is 4.06. The molecule has 0 saturated carbocycles. The molecule has 0 aromatic rings. The molecule has 0 rings (SSSR count).